The number of hydrogen-bond acceptors (Lipinski definition) is 2. The van der Waals surface area contributed by atoms with Crippen LogP contribution in [0.25, 0.3) is 0 Å². The second-order valence-corrected chi connectivity index (χ2v) is 3.01. The standard InChI is InChI=1S/C9H8NO.C5H5.2CO.Fe/c1-11-9-4-2-8(3-5-9)6-7-10;1-2-4-5-3-1;2*1-2;/h2-6H,1H3;1-5H;;;/q2*-1;;;+2. The minimum Gasteiger partial charge on any atom is -0.214 e. The average Bonchev–Trinajstić information content (AvgIpc) is 3.12. The van der Waals surface area contributed by atoms with E-state index < -0.39 is 0 Å². The molecule has 2 aromatic carbocycles. The molecule has 0 N–H and O–H groups in total. The maximum Gasteiger partial charge on any atom is 2.00 e. The number of hydrogen-bond donors (Lipinski definition) is 0. The minimum absolute atomic E-state index is 0. The van der Waals surface area contributed by atoms with Crippen molar-refractivity contribution in [3.8, 4) is 11.8 Å². The van der Waals surface area contributed by atoms with Gasteiger partial charge in [-0.1, -0.05) is 18.6 Å². The van der Waals surface area contributed by atoms with Crippen molar-refractivity contribution in [2.45, 2.75) is 0 Å². The van der Waals surface area contributed by atoms with E-state index in [1.807, 2.05) is 60.7 Å². The molecule has 0 bridgehead atoms. The molecule has 5 heteroatoms. The molecule has 0 aliphatic rings. The largest absolute Gasteiger partial charge is 2.00 e. The third kappa shape index (κ3) is 14.0. The van der Waals surface area contributed by atoms with Crippen molar-refractivity contribution in [3.05, 3.63) is 79.9 Å². The van der Waals surface area contributed by atoms with Crippen LogP contribution in [0.4, 0.5) is 0 Å². The van der Waals surface area contributed by atoms with Crippen LogP contribution in [0, 0.1) is 31.1 Å². The van der Waals surface area contributed by atoms with E-state index in [-0.39, 0.29) is 17.1 Å². The Hall–Kier alpha value is -2.27. The van der Waals surface area contributed by atoms with Gasteiger partial charge in [-0.3, -0.25) is 0 Å². The topological polar surface area (TPSA) is 72.8 Å². The minimum atomic E-state index is 0. The predicted octanol–water partition coefficient (Wildman–Crippen LogP) is 3.10. The Balaban J connectivity index is -0.000000273. The van der Waals surface area contributed by atoms with Gasteiger partial charge in [0.2, 0.25) is 0 Å². The van der Waals surface area contributed by atoms with Crippen LogP contribution >= 0.6 is 0 Å². The summed E-state index contributed by atoms with van der Waals surface area (Å²) >= 11 is 0. The first kappa shape index (κ1) is 23.8. The Morgan fingerprint density at radius 2 is 1.57 bits per heavy atom. The molecule has 2 aromatic rings. The fraction of sp³-hybridized carbons (Fsp3) is 0.0625. The van der Waals surface area contributed by atoms with Crippen LogP contribution in [0.3, 0.4) is 0 Å². The summed E-state index contributed by atoms with van der Waals surface area (Å²) in [5.74, 6) is 0.806. The van der Waals surface area contributed by atoms with Crippen LogP contribution in [0.5, 0.6) is 5.75 Å². The number of nitrogens with zero attached hydrogens (tertiary/aromatic N) is 1. The first-order valence-corrected chi connectivity index (χ1v) is 5.31. The maximum atomic E-state index is 8.31. The summed E-state index contributed by atoms with van der Waals surface area (Å²) in [7, 11) is 1.61. The van der Waals surface area contributed by atoms with Gasteiger partial charge in [0.15, 0.2) is 0 Å². The molecule has 0 saturated carbocycles. The first-order valence-electron chi connectivity index (χ1n) is 5.31. The van der Waals surface area contributed by atoms with Gasteiger partial charge in [0.05, 0.1) is 12.9 Å². The zero-order valence-corrected chi connectivity index (χ0v) is 12.4. The van der Waals surface area contributed by atoms with E-state index >= 15 is 0 Å². The molecular formula is C16H13FeNO3. The van der Waals surface area contributed by atoms with Crippen molar-refractivity contribution in [1.82, 2.24) is 0 Å². The Morgan fingerprint density at radius 3 is 1.86 bits per heavy atom. The maximum absolute atomic E-state index is 8.31. The zero-order valence-electron chi connectivity index (χ0n) is 11.3. The van der Waals surface area contributed by atoms with Crippen LogP contribution in [-0.2, 0) is 26.4 Å². The molecule has 0 heterocycles. The summed E-state index contributed by atoms with van der Waals surface area (Å²) in [5.41, 5.74) is 0.897. The molecule has 108 valence electrons. The van der Waals surface area contributed by atoms with Gasteiger partial charge in [0.25, 0.3) is 0 Å². The van der Waals surface area contributed by atoms with Gasteiger partial charge in [-0.2, -0.15) is 35.9 Å². The molecule has 4 nitrogen and oxygen atoms in total. The molecule has 0 saturated heterocycles. The molecular weight excluding hydrogens is 310 g/mol. The molecule has 0 aliphatic carbocycles. The van der Waals surface area contributed by atoms with Crippen LogP contribution in [0.2, 0.25) is 0 Å². The van der Waals surface area contributed by atoms with Crippen molar-refractivity contribution < 1.29 is 31.1 Å². The van der Waals surface area contributed by atoms with E-state index in [0.717, 1.165) is 11.3 Å². The Labute approximate surface area is 135 Å². The van der Waals surface area contributed by atoms with Crippen LogP contribution in [-0.4, -0.2) is 7.11 Å². The molecule has 0 radical (unpaired) electrons. The van der Waals surface area contributed by atoms with Crippen LogP contribution in [0.15, 0.2) is 54.6 Å². The van der Waals surface area contributed by atoms with Gasteiger partial charge in [-0.05, 0) is 0 Å². The summed E-state index contributed by atoms with van der Waals surface area (Å²) in [6.07, 6.45) is 1.49. The van der Waals surface area contributed by atoms with E-state index in [9.17, 15) is 0 Å². The molecule has 0 unspecified atom stereocenters. The summed E-state index contributed by atoms with van der Waals surface area (Å²) in [6, 6.07) is 19.3. The number of methoxy groups -OCH3 is 1. The molecule has 0 aliphatic heterocycles. The van der Waals surface area contributed by atoms with Gasteiger partial charge in [0, 0.05) is 6.07 Å². The van der Waals surface area contributed by atoms with Gasteiger partial charge in [0.1, 0.15) is 0 Å². The second kappa shape index (κ2) is 20.1. The van der Waals surface area contributed by atoms with Crippen LogP contribution < -0.4 is 4.74 Å². The van der Waals surface area contributed by atoms with E-state index in [2.05, 4.69) is 13.3 Å². The quantitative estimate of drug-likeness (QED) is 0.484. The monoisotopic (exact) mass is 323 g/mol. The van der Waals surface area contributed by atoms with E-state index in [0.29, 0.717) is 0 Å². The van der Waals surface area contributed by atoms with Crippen molar-refractivity contribution in [2.75, 3.05) is 7.11 Å². The molecule has 0 aromatic heterocycles. The van der Waals surface area contributed by atoms with Gasteiger partial charge in [-0.15, -0.1) is 0 Å². The summed E-state index contributed by atoms with van der Waals surface area (Å²) in [6.45, 7) is 9.00. The SMILES string of the molecule is COc1ccc([CH-]C#N)cc1.[C-]#[O+].[C-]#[O+].[Fe+2].c1cc[cH-]c1. The fourth-order valence-electron chi connectivity index (χ4n) is 1.10. The fourth-order valence-corrected chi connectivity index (χ4v) is 1.10. The molecule has 0 fully saturated rings. The zero-order chi connectivity index (χ0) is 15.6. The normalized spacial score (nSPS) is 6.48. The molecule has 0 amide bonds. The second-order valence-electron chi connectivity index (χ2n) is 3.01. The number of rotatable bonds is 2. The van der Waals surface area contributed by atoms with E-state index in [4.69, 9.17) is 19.3 Å². The summed E-state index contributed by atoms with van der Waals surface area (Å²) in [4.78, 5) is 0. The van der Waals surface area contributed by atoms with Crippen molar-refractivity contribution >= 4 is 0 Å². The van der Waals surface area contributed by atoms with Gasteiger partial charge >= 0.3 is 39.7 Å². The third-order valence-electron chi connectivity index (χ3n) is 1.90. The van der Waals surface area contributed by atoms with Crippen molar-refractivity contribution in [2.24, 2.45) is 0 Å². The number of ether oxygens (including phenoxy) is 1. The Kier molecular flexibility index (Phi) is 22.7. The molecule has 21 heavy (non-hydrogen) atoms. The Bertz CT molecular complexity index is 473. The summed E-state index contributed by atoms with van der Waals surface area (Å²) < 4.78 is 20.0. The van der Waals surface area contributed by atoms with Gasteiger partial charge in [-0.25, -0.2) is 17.4 Å². The molecule has 0 spiro atoms. The molecule has 2 rings (SSSR count). The average molecular weight is 323 g/mol. The third-order valence-corrected chi connectivity index (χ3v) is 1.90. The van der Waals surface area contributed by atoms with Crippen LogP contribution in [0.1, 0.15) is 5.56 Å². The molecule has 0 atom stereocenters. The van der Waals surface area contributed by atoms with Crippen molar-refractivity contribution in [1.29, 1.82) is 5.26 Å². The van der Waals surface area contributed by atoms with E-state index in [1.165, 1.54) is 6.42 Å². The van der Waals surface area contributed by atoms with Gasteiger partial charge < -0.3 is 4.74 Å². The Morgan fingerprint density at radius 1 is 1.10 bits per heavy atom. The smallest absolute Gasteiger partial charge is 0.214 e. The number of nitriles is 1. The summed E-state index contributed by atoms with van der Waals surface area (Å²) in [5, 5.41) is 8.31. The number of benzene rings is 1. The first-order chi connectivity index (χ1) is 9.86. The van der Waals surface area contributed by atoms with E-state index in [1.54, 1.807) is 7.11 Å². The van der Waals surface area contributed by atoms with Crippen molar-refractivity contribution in [3.63, 3.8) is 0 Å². The predicted molar refractivity (Wildman–Crippen MR) is 71.9 cm³/mol.